The minimum atomic E-state index is 0.109. The van der Waals surface area contributed by atoms with Gasteiger partial charge in [-0.15, -0.1) is 0 Å². The topological polar surface area (TPSA) is 38.1 Å². The normalized spacial score (nSPS) is 19.1. The molecule has 2 rings (SSSR count). The molecule has 4 heteroatoms. The highest BCUT2D eigenvalue weighted by Crippen LogP contribution is 2.22. The van der Waals surface area contributed by atoms with Crippen molar-refractivity contribution >= 4 is 5.91 Å². The van der Waals surface area contributed by atoms with Gasteiger partial charge in [-0.1, -0.05) is 20.8 Å². The smallest absolute Gasteiger partial charge is 0.225 e. The molecule has 1 fully saturated rings. The van der Waals surface area contributed by atoms with Crippen LogP contribution in [0.4, 0.5) is 0 Å². The van der Waals surface area contributed by atoms with Crippen LogP contribution in [-0.4, -0.2) is 33.4 Å². The summed E-state index contributed by atoms with van der Waals surface area (Å²) in [5, 5.41) is 0. The van der Waals surface area contributed by atoms with Crippen LogP contribution in [0.1, 0.15) is 45.1 Å². The summed E-state index contributed by atoms with van der Waals surface area (Å²) in [7, 11) is 0. The SMILES string of the molecule is CCCn1c(C)cnc1CC1CCN(C(=O)C(C)C)C1. The minimum absolute atomic E-state index is 0.109. The van der Waals surface area contributed by atoms with E-state index in [2.05, 4.69) is 23.4 Å². The van der Waals surface area contributed by atoms with Crippen molar-refractivity contribution in [1.29, 1.82) is 0 Å². The molecule has 1 unspecified atom stereocenters. The van der Waals surface area contributed by atoms with Crippen LogP contribution in [0.5, 0.6) is 0 Å². The molecule has 1 aliphatic heterocycles. The Kier molecular flexibility index (Phi) is 4.84. The van der Waals surface area contributed by atoms with Gasteiger partial charge in [-0.05, 0) is 25.7 Å². The maximum absolute atomic E-state index is 12.0. The van der Waals surface area contributed by atoms with E-state index in [-0.39, 0.29) is 5.92 Å². The summed E-state index contributed by atoms with van der Waals surface area (Å²) in [5.41, 5.74) is 1.25. The second kappa shape index (κ2) is 6.42. The van der Waals surface area contributed by atoms with Crippen LogP contribution >= 0.6 is 0 Å². The van der Waals surface area contributed by atoms with E-state index in [4.69, 9.17) is 0 Å². The summed E-state index contributed by atoms with van der Waals surface area (Å²) >= 11 is 0. The zero-order chi connectivity index (χ0) is 14.7. The summed E-state index contributed by atoms with van der Waals surface area (Å²) in [5.74, 6) is 2.15. The molecule has 1 aliphatic rings. The predicted molar refractivity (Wildman–Crippen MR) is 80.5 cm³/mol. The second-order valence-corrected chi connectivity index (χ2v) is 6.27. The number of aromatic nitrogens is 2. The van der Waals surface area contributed by atoms with E-state index in [1.807, 2.05) is 24.9 Å². The molecule has 20 heavy (non-hydrogen) atoms. The fraction of sp³-hybridized carbons (Fsp3) is 0.750. The third kappa shape index (κ3) is 3.22. The fourth-order valence-electron chi connectivity index (χ4n) is 3.03. The van der Waals surface area contributed by atoms with Gasteiger partial charge in [0.15, 0.2) is 0 Å². The summed E-state index contributed by atoms with van der Waals surface area (Å²) in [6, 6.07) is 0. The van der Waals surface area contributed by atoms with Gasteiger partial charge >= 0.3 is 0 Å². The van der Waals surface area contributed by atoms with Crippen molar-refractivity contribution in [2.24, 2.45) is 11.8 Å². The Labute approximate surface area is 122 Å². The van der Waals surface area contributed by atoms with Crippen molar-refractivity contribution in [2.45, 2.75) is 53.5 Å². The van der Waals surface area contributed by atoms with Gasteiger partial charge < -0.3 is 9.47 Å². The van der Waals surface area contributed by atoms with E-state index in [0.717, 1.165) is 38.9 Å². The Morgan fingerprint density at radius 2 is 2.25 bits per heavy atom. The molecule has 112 valence electrons. The van der Waals surface area contributed by atoms with Crippen molar-refractivity contribution in [3.05, 3.63) is 17.7 Å². The molecule has 1 saturated heterocycles. The standard InChI is InChI=1S/C16H27N3O/c1-5-7-19-13(4)10-17-15(19)9-14-6-8-18(11-14)16(20)12(2)3/h10,12,14H,5-9,11H2,1-4H3. The van der Waals surface area contributed by atoms with E-state index in [0.29, 0.717) is 11.8 Å². The molecular formula is C16H27N3O. The summed E-state index contributed by atoms with van der Waals surface area (Å²) in [4.78, 5) is 18.6. The Hall–Kier alpha value is -1.32. The maximum Gasteiger partial charge on any atom is 0.225 e. The molecule has 1 amide bonds. The largest absolute Gasteiger partial charge is 0.342 e. The van der Waals surface area contributed by atoms with Crippen molar-refractivity contribution in [3.8, 4) is 0 Å². The Morgan fingerprint density at radius 1 is 1.50 bits per heavy atom. The average molecular weight is 277 g/mol. The molecule has 0 N–H and O–H groups in total. The molecule has 0 radical (unpaired) electrons. The van der Waals surface area contributed by atoms with Gasteiger partial charge in [0.05, 0.1) is 0 Å². The second-order valence-electron chi connectivity index (χ2n) is 6.27. The van der Waals surface area contributed by atoms with Gasteiger partial charge in [-0.25, -0.2) is 4.98 Å². The molecule has 2 heterocycles. The molecule has 0 aromatic carbocycles. The summed E-state index contributed by atoms with van der Waals surface area (Å²) < 4.78 is 2.33. The Balaban J connectivity index is 1.97. The number of rotatable bonds is 5. The van der Waals surface area contributed by atoms with Gasteiger partial charge in [-0.3, -0.25) is 4.79 Å². The van der Waals surface area contributed by atoms with Crippen molar-refractivity contribution in [2.75, 3.05) is 13.1 Å². The first-order valence-electron chi connectivity index (χ1n) is 7.82. The highest BCUT2D eigenvalue weighted by molar-refractivity contribution is 5.78. The number of likely N-dealkylation sites (tertiary alicyclic amines) is 1. The van der Waals surface area contributed by atoms with Crippen LogP contribution in [0.3, 0.4) is 0 Å². The quantitative estimate of drug-likeness (QED) is 0.830. The molecule has 4 nitrogen and oxygen atoms in total. The number of hydrogen-bond acceptors (Lipinski definition) is 2. The minimum Gasteiger partial charge on any atom is -0.342 e. The third-order valence-corrected chi connectivity index (χ3v) is 4.15. The zero-order valence-electron chi connectivity index (χ0n) is 13.2. The van der Waals surface area contributed by atoms with Gasteiger partial charge in [0.2, 0.25) is 5.91 Å². The van der Waals surface area contributed by atoms with Crippen LogP contribution in [0, 0.1) is 18.8 Å². The summed E-state index contributed by atoms with van der Waals surface area (Å²) in [6.45, 7) is 11.1. The molecule has 1 aromatic heterocycles. The van der Waals surface area contributed by atoms with Crippen LogP contribution in [0.25, 0.3) is 0 Å². The third-order valence-electron chi connectivity index (χ3n) is 4.15. The van der Waals surface area contributed by atoms with Crippen LogP contribution in [0.2, 0.25) is 0 Å². The number of hydrogen-bond donors (Lipinski definition) is 0. The highest BCUT2D eigenvalue weighted by Gasteiger charge is 2.28. The predicted octanol–water partition coefficient (Wildman–Crippen LogP) is 2.65. The lowest BCUT2D eigenvalue weighted by molar-refractivity contribution is -0.133. The van der Waals surface area contributed by atoms with Crippen molar-refractivity contribution in [3.63, 3.8) is 0 Å². The number of carbonyl (C=O) groups is 1. The van der Waals surface area contributed by atoms with Gasteiger partial charge in [0, 0.05) is 43.9 Å². The lowest BCUT2D eigenvalue weighted by atomic mass is 10.0. The van der Waals surface area contributed by atoms with Gasteiger partial charge in [0.1, 0.15) is 5.82 Å². The van der Waals surface area contributed by atoms with Crippen molar-refractivity contribution < 1.29 is 4.79 Å². The lowest BCUT2D eigenvalue weighted by Gasteiger charge is -2.19. The van der Waals surface area contributed by atoms with Crippen LogP contribution in [-0.2, 0) is 17.8 Å². The van der Waals surface area contributed by atoms with Gasteiger partial charge in [0.25, 0.3) is 0 Å². The van der Waals surface area contributed by atoms with E-state index < -0.39 is 0 Å². The Morgan fingerprint density at radius 3 is 2.90 bits per heavy atom. The van der Waals surface area contributed by atoms with Gasteiger partial charge in [-0.2, -0.15) is 0 Å². The van der Waals surface area contributed by atoms with E-state index in [1.165, 1.54) is 11.5 Å². The number of nitrogens with zero attached hydrogens (tertiary/aromatic N) is 3. The fourth-order valence-corrected chi connectivity index (χ4v) is 3.03. The number of aryl methyl sites for hydroxylation is 1. The molecule has 0 spiro atoms. The first-order valence-corrected chi connectivity index (χ1v) is 7.82. The number of imidazole rings is 1. The van der Waals surface area contributed by atoms with Crippen LogP contribution < -0.4 is 0 Å². The molecule has 1 atom stereocenters. The number of amides is 1. The zero-order valence-corrected chi connectivity index (χ0v) is 13.2. The summed E-state index contributed by atoms with van der Waals surface area (Å²) in [6.07, 6.45) is 5.20. The first-order chi connectivity index (χ1) is 9.52. The molecule has 0 bridgehead atoms. The van der Waals surface area contributed by atoms with Crippen molar-refractivity contribution in [1.82, 2.24) is 14.5 Å². The highest BCUT2D eigenvalue weighted by atomic mass is 16.2. The van der Waals surface area contributed by atoms with E-state index in [1.54, 1.807) is 0 Å². The molecule has 1 aromatic rings. The molecular weight excluding hydrogens is 250 g/mol. The Bertz CT molecular complexity index is 464. The molecule has 0 aliphatic carbocycles. The molecule has 0 saturated carbocycles. The maximum atomic E-state index is 12.0. The number of carbonyl (C=O) groups excluding carboxylic acids is 1. The van der Waals surface area contributed by atoms with E-state index in [9.17, 15) is 4.79 Å². The first kappa shape index (κ1) is 15.1. The lowest BCUT2D eigenvalue weighted by Crippen LogP contribution is -2.32. The monoisotopic (exact) mass is 277 g/mol. The van der Waals surface area contributed by atoms with Crippen LogP contribution in [0.15, 0.2) is 6.20 Å². The average Bonchev–Trinajstić information content (AvgIpc) is 3.00. The van der Waals surface area contributed by atoms with E-state index >= 15 is 0 Å².